The van der Waals surface area contributed by atoms with Crippen molar-refractivity contribution in [3.63, 3.8) is 0 Å². The van der Waals surface area contributed by atoms with Crippen molar-refractivity contribution in [3.05, 3.63) is 65.5 Å². The number of carbonyl (C=O) groups is 2. The predicted octanol–water partition coefficient (Wildman–Crippen LogP) is 3.35. The number of benzene rings is 2. The number of carbonyl (C=O) groups excluding carboxylic acids is 2. The number of Topliss-reactive ketones (excluding diaryl/α,β-unsaturated/α-hetero) is 1. The number of hydrogen-bond acceptors (Lipinski definition) is 8. The number of nitrogens with zero attached hydrogens (tertiary/aromatic N) is 4. The molecule has 0 bridgehead atoms. The summed E-state index contributed by atoms with van der Waals surface area (Å²) in [7, 11) is -3.71. The SMILES string of the molecule is CC(=O)NCCCc1nnc(SCC(=O)c2ccc(S(=O)(=O)N3CCOCC3)cc2)n1-c1cccc(C(F)(F)F)c1. The summed E-state index contributed by atoms with van der Waals surface area (Å²) >= 11 is 1.00. The van der Waals surface area contributed by atoms with Crippen molar-refractivity contribution in [3.8, 4) is 5.69 Å². The van der Waals surface area contributed by atoms with E-state index in [1.54, 1.807) is 0 Å². The smallest absolute Gasteiger partial charge is 0.379 e. The van der Waals surface area contributed by atoms with Gasteiger partial charge in [0, 0.05) is 44.2 Å². The predicted molar refractivity (Wildman–Crippen MR) is 144 cm³/mol. The summed E-state index contributed by atoms with van der Waals surface area (Å²) in [4.78, 5) is 24.2. The number of rotatable bonds is 11. The molecular weight excluding hydrogens is 583 g/mol. The maximum Gasteiger partial charge on any atom is 0.416 e. The van der Waals surface area contributed by atoms with Gasteiger partial charge in [-0.3, -0.25) is 14.2 Å². The molecule has 2 heterocycles. The zero-order chi connectivity index (χ0) is 29.6. The summed E-state index contributed by atoms with van der Waals surface area (Å²) in [5.41, 5.74) is -0.377. The van der Waals surface area contributed by atoms with Gasteiger partial charge >= 0.3 is 6.18 Å². The van der Waals surface area contributed by atoms with Gasteiger partial charge in [-0.2, -0.15) is 17.5 Å². The first-order chi connectivity index (χ1) is 19.5. The Hall–Kier alpha value is -3.27. The molecule has 0 aliphatic carbocycles. The van der Waals surface area contributed by atoms with Crippen LogP contribution in [0.2, 0.25) is 0 Å². The molecule has 220 valence electrons. The van der Waals surface area contributed by atoms with Crippen molar-refractivity contribution in [2.24, 2.45) is 0 Å². The van der Waals surface area contributed by atoms with Gasteiger partial charge in [0.15, 0.2) is 10.9 Å². The van der Waals surface area contributed by atoms with Gasteiger partial charge < -0.3 is 10.1 Å². The van der Waals surface area contributed by atoms with Gasteiger partial charge in [0.2, 0.25) is 15.9 Å². The van der Waals surface area contributed by atoms with Crippen LogP contribution in [0, 0.1) is 0 Å². The molecule has 1 aliphatic heterocycles. The van der Waals surface area contributed by atoms with Crippen molar-refractivity contribution < 1.29 is 35.9 Å². The Morgan fingerprint density at radius 1 is 1.07 bits per heavy atom. The highest BCUT2D eigenvalue weighted by molar-refractivity contribution is 7.99. The summed E-state index contributed by atoms with van der Waals surface area (Å²) in [5, 5.41) is 11.1. The molecule has 1 fully saturated rings. The third-order valence-corrected chi connectivity index (χ3v) is 9.04. The molecule has 15 heteroatoms. The average molecular weight is 612 g/mol. The van der Waals surface area contributed by atoms with Crippen LogP contribution in [-0.4, -0.2) is 77.8 Å². The van der Waals surface area contributed by atoms with Crippen LogP contribution >= 0.6 is 11.8 Å². The zero-order valence-electron chi connectivity index (χ0n) is 22.1. The van der Waals surface area contributed by atoms with Gasteiger partial charge in [0.25, 0.3) is 0 Å². The second-order valence-corrected chi connectivity index (χ2v) is 12.0. The lowest BCUT2D eigenvalue weighted by atomic mass is 10.1. The van der Waals surface area contributed by atoms with Gasteiger partial charge in [-0.1, -0.05) is 30.0 Å². The van der Waals surface area contributed by atoms with Gasteiger partial charge in [-0.15, -0.1) is 10.2 Å². The van der Waals surface area contributed by atoms with Gasteiger partial charge in [0.05, 0.1) is 29.4 Å². The summed E-state index contributed by atoms with van der Waals surface area (Å²) in [6, 6.07) is 10.3. The fourth-order valence-electron chi connectivity index (χ4n) is 4.11. The molecule has 1 aromatic heterocycles. The normalized spacial score (nSPS) is 14.6. The summed E-state index contributed by atoms with van der Waals surface area (Å²) < 4.78 is 73.9. The first kappa shape index (κ1) is 30.7. The monoisotopic (exact) mass is 611 g/mol. The number of halogens is 3. The Bertz CT molecular complexity index is 1490. The van der Waals surface area contributed by atoms with Crippen molar-refractivity contribution >= 4 is 33.5 Å². The highest BCUT2D eigenvalue weighted by Crippen LogP contribution is 2.32. The lowest BCUT2D eigenvalue weighted by Crippen LogP contribution is -2.40. The summed E-state index contributed by atoms with van der Waals surface area (Å²) in [5.74, 6) is -0.261. The summed E-state index contributed by atoms with van der Waals surface area (Å²) in [6.45, 7) is 2.86. The molecule has 1 aliphatic rings. The van der Waals surface area contributed by atoms with E-state index in [1.807, 2.05) is 0 Å². The maximum atomic E-state index is 13.4. The van der Waals surface area contributed by atoms with E-state index in [1.165, 1.54) is 52.2 Å². The molecule has 4 rings (SSSR count). The number of aromatic nitrogens is 3. The molecule has 2 aromatic carbocycles. The van der Waals surface area contributed by atoms with Crippen molar-refractivity contribution in [1.29, 1.82) is 0 Å². The lowest BCUT2D eigenvalue weighted by molar-refractivity contribution is -0.137. The molecule has 1 saturated heterocycles. The molecule has 0 saturated carbocycles. The molecule has 41 heavy (non-hydrogen) atoms. The van der Waals surface area contributed by atoms with Crippen LogP contribution < -0.4 is 5.32 Å². The van der Waals surface area contributed by atoms with Gasteiger partial charge in [-0.05, 0) is 36.8 Å². The van der Waals surface area contributed by atoms with E-state index in [-0.39, 0.29) is 51.8 Å². The number of hydrogen-bond donors (Lipinski definition) is 1. The Morgan fingerprint density at radius 3 is 2.44 bits per heavy atom. The fourth-order valence-corrected chi connectivity index (χ4v) is 6.38. The number of thioether (sulfide) groups is 1. The van der Waals surface area contributed by atoms with E-state index >= 15 is 0 Å². The molecule has 10 nitrogen and oxygen atoms in total. The van der Waals surface area contributed by atoms with E-state index in [4.69, 9.17) is 4.74 Å². The fraction of sp³-hybridized carbons (Fsp3) is 0.385. The van der Waals surface area contributed by atoms with Crippen LogP contribution in [-0.2, 0) is 32.2 Å². The number of ketones is 1. The third-order valence-electron chi connectivity index (χ3n) is 6.20. The van der Waals surface area contributed by atoms with Crippen LogP contribution in [0.3, 0.4) is 0 Å². The average Bonchev–Trinajstić information content (AvgIpc) is 3.36. The summed E-state index contributed by atoms with van der Waals surface area (Å²) in [6.07, 6.45) is -3.77. The van der Waals surface area contributed by atoms with Crippen LogP contribution in [0.4, 0.5) is 13.2 Å². The highest BCUT2D eigenvalue weighted by atomic mass is 32.2. The largest absolute Gasteiger partial charge is 0.416 e. The minimum Gasteiger partial charge on any atom is -0.379 e. The standard InChI is InChI=1S/C26H28F3N5O5S2/c1-18(35)30-11-3-6-24-31-32-25(34(24)21-5-2-4-20(16-21)26(27,28)29)40-17-23(36)19-7-9-22(10-8-19)41(37,38)33-12-14-39-15-13-33/h2,4-5,7-10,16H,3,6,11-15,17H2,1H3,(H,30,35). The van der Waals surface area contributed by atoms with Gasteiger partial charge in [0.1, 0.15) is 5.82 Å². The second-order valence-electron chi connectivity index (χ2n) is 9.12. The van der Waals surface area contributed by atoms with Gasteiger partial charge in [-0.25, -0.2) is 8.42 Å². The Morgan fingerprint density at radius 2 is 1.78 bits per heavy atom. The molecule has 0 radical (unpaired) electrons. The number of nitrogens with one attached hydrogen (secondary N) is 1. The van der Waals surface area contributed by atoms with Crippen molar-refractivity contribution in [2.75, 3.05) is 38.6 Å². The Balaban J connectivity index is 1.51. The number of ether oxygens (including phenoxy) is 1. The van der Waals surface area contributed by atoms with E-state index < -0.39 is 21.8 Å². The van der Waals surface area contributed by atoms with Crippen LogP contribution in [0.25, 0.3) is 5.69 Å². The zero-order valence-corrected chi connectivity index (χ0v) is 23.7. The topological polar surface area (TPSA) is 123 Å². The van der Waals surface area contributed by atoms with E-state index in [0.29, 0.717) is 38.4 Å². The number of alkyl halides is 3. The van der Waals surface area contributed by atoms with Crippen LogP contribution in [0.5, 0.6) is 0 Å². The molecular formula is C26H28F3N5O5S2. The number of aryl methyl sites for hydroxylation is 1. The molecule has 0 spiro atoms. The maximum absolute atomic E-state index is 13.4. The highest BCUT2D eigenvalue weighted by Gasteiger charge is 2.31. The Kier molecular flexibility index (Phi) is 9.84. The lowest BCUT2D eigenvalue weighted by Gasteiger charge is -2.26. The van der Waals surface area contributed by atoms with E-state index in [0.717, 1.165) is 23.9 Å². The molecule has 0 atom stereocenters. The van der Waals surface area contributed by atoms with E-state index in [9.17, 15) is 31.2 Å². The van der Waals surface area contributed by atoms with Crippen LogP contribution in [0.1, 0.15) is 35.1 Å². The number of morpholine rings is 1. The molecule has 3 aromatic rings. The molecule has 0 unspecified atom stereocenters. The first-order valence-corrected chi connectivity index (χ1v) is 15.1. The van der Waals surface area contributed by atoms with E-state index in [2.05, 4.69) is 15.5 Å². The number of amides is 1. The minimum absolute atomic E-state index is 0.0665. The molecule has 1 amide bonds. The first-order valence-electron chi connectivity index (χ1n) is 12.7. The second kappa shape index (κ2) is 13.1. The minimum atomic E-state index is -4.56. The quantitative estimate of drug-likeness (QED) is 0.199. The Labute approximate surface area is 239 Å². The number of sulfonamides is 1. The third kappa shape index (κ3) is 7.72. The van der Waals surface area contributed by atoms with Crippen molar-refractivity contribution in [1.82, 2.24) is 24.4 Å². The van der Waals surface area contributed by atoms with Crippen molar-refractivity contribution in [2.45, 2.75) is 36.0 Å². The molecule has 1 N–H and O–H groups in total. The van der Waals surface area contributed by atoms with Crippen LogP contribution in [0.15, 0.2) is 58.6 Å².